The first-order valence-corrected chi connectivity index (χ1v) is 15.0. The van der Waals surface area contributed by atoms with Crippen LogP contribution in [-0.2, 0) is 19.4 Å². The smallest absolute Gasteiger partial charge is 0.251 e. The van der Waals surface area contributed by atoms with E-state index < -0.39 is 0 Å². The van der Waals surface area contributed by atoms with Crippen molar-refractivity contribution in [1.82, 2.24) is 20.1 Å². The Morgan fingerprint density at radius 1 is 0.909 bits per heavy atom. The Kier molecular flexibility index (Phi) is 8.87. The number of methoxy groups -OCH3 is 2. The summed E-state index contributed by atoms with van der Waals surface area (Å²) in [6, 6.07) is 33.5. The summed E-state index contributed by atoms with van der Waals surface area (Å²) in [4.78, 5) is 13.6. The third-order valence-electron chi connectivity index (χ3n) is 8.27. The zero-order valence-electron chi connectivity index (χ0n) is 25.1. The highest BCUT2D eigenvalue weighted by Gasteiger charge is 2.31. The van der Waals surface area contributed by atoms with Crippen LogP contribution >= 0.6 is 0 Å². The normalized spacial score (nSPS) is 14.4. The Labute approximate surface area is 258 Å². The van der Waals surface area contributed by atoms with Crippen LogP contribution in [0.25, 0.3) is 0 Å². The molecular formula is C36H37N5O3. The van der Waals surface area contributed by atoms with Crippen molar-refractivity contribution >= 4 is 11.6 Å². The summed E-state index contributed by atoms with van der Waals surface area (Å²) in [5.41, 5.74) is 5.19. The first kappa shape index (κ1) is 29.0. The number of fused-ring (bicyclic) bond motifs is 1. The number of nitrogens with one attached hydrogen (secondary N) is 2. The molecule has 8 nitrogen and oxygen atoms in total. The van der Waals surface area contributed by atoms with Gasteiger partial charge in [0.1, 0.15) is 17.3 Å². The number of carbonyl (C=O) groups excluding carboxylic acids is 1. The fourth-order valence-electron chi connectivity index (χ4n) is 5.93. The molecule has 1 aliphatic rings. The highest BCUT2D eigenvalue weighted by molar-refractivity contribution is 5.94. The fourth-order valence-corrected chi connectivity index (χ4v) is 5.93. The number of nitrogens with zero attached hydrogens (tertiary/aromatic N) is 3. The predicted octanol–water partition coefficient (Wildman–Crippen LogP) is 6.20. The van der Waals surface area contributed by atoms with Gasteiger partial charge in [-0.05, 0) is 54.3 Å². The Hall–Kier alpha value is -5.11. The molecule has 0 fully saturated rings. The lowest BCUT2D eigenvalue weighted by atomic mass is 9.93. The molecule has 6 rings (SSSR count). The van der Waals surface area contributed by atoms with Gasteiger partial charge in [0.15, 0.2) is 5.82 Å². The third kappa shape index (κ3) is 6.44. The molecule has 2 atom stereocenters. The van der Waals surface area contributed by atoms with Crippen LogP contribution in [0.4, 0.5) is 5.69 Å². The van der Waals surface area contributed by atoms with Crippen molar-refractivity contribution in [1.29, 1.82) is 0 Å². The average Bonchev–Trinajstić information content (AvgIpc) is 3.68. The lowest BCUT2D eigenvalue weighted by Crippen LogP contribution is -2.32. The summed E-state index contributed by atoms with van der Waals surface area (Å²) in [5.74, 6) is 3.07. The van der Waals surface area contributed by atoms with Gasteiger partial charge in [-0.25, -0.2) is 0 Å². The van der Waals surface area contributed by atoms with Gasteiger partial charge in [-0.1, -0.05) is 66.7 Å². The van der Waals surface area contributed by atoms with E-state index in [9.17, 15) is 4.79 Å². The number of amides is 1. The van der Waals surface area contributed by atoms with Gasteiger partial charge in [0.25, 0.3) is 5.91 Å². The molecule has 0 spiro atoms. The fraction of sp³-hybridized carbons (Fsp3) is 0.250. The number of para-hydroxylation sites is 1. The standard InChI is InChI=1S/C36H37N5O3/c1-43-29-19-18-27(33(22-29)44-2)24-41-34(20-17-25-11-5-3-6-12-25)39-40-35(41)32(38-36(42)26-13-7-4-8-14-26)21-28-23-37-31-16-10-9-15-30(28)31/h3-16,18-19,22,28,32,37H,17,20-21,23-24H2,1-2H3,(H,38,42)/t28?,32-/m1/s1. The lowest BCUT2D eigenvalue weighted by Gasteiger charge is -2.23. The summed E-state index contributed by atoms with van der Waals surface area (Å²) < 4.78 is 13.4. The topological polar surface area (TPSA) is 90.3 Å². The van der Waals surface area contributed by atoms with Crippen molar-refractivity contribution in [2.24, 2.45) is 0 Å². The van der Waals surface area contributed by atoms with Crippen molar-refractivity contribution in [2.45, 2.75) is 37.8 Å². The third-order valence-corrected chi connectivity index (χ3v) is 8.27. The van der Waals surface area contributed by atoms with Crippen LogP contribution < -0.4 is 20.1 Å². The molecule has 5 aromatic rings. The summed E-state index contributed by atoms with van der Waals surface area (Å²) in [7, 11) is 3.30. The molecule has 44 heavy (non-hydrogen) atoms. The average molecular weight is 588 g/mol. The van der Waals surface area contributed by atoms with Crippen LogP contribution in [0, 0.1) is 0 Å². The van der Waals surface area contributed by atoms with Gasteiger partial charge in [-0.2, -0.15) is 0 Å². The number of hydrogen-bond acceptors (Lipinski definition) is 6. The summed E-state index contributed by atoms with van der Waals surface area (Å²) in [6.45, 7) is 1.27. The number of benzene rings is 4. The Morgan fingerprint density at radius 2 is 1.66 bits per heavy atom. The molecule has 0 saturated carbocycles. The van der Waals surface area contributed by atoms with Crippen molar-refractivity contribution in [3.63, 3.8) is 0 Å². The summed E-state index contributed by atoms with van der Waals surface area (Å²) in [6.07, 6.45) is 2.18. The molecule has 0 saturated heterocycles. The minimum Gasteiger partial charge on any atom is -0.497 e. The van der Waals surface area contributed by atoms with Gasteiger partial charge in [-0.3, -0.25) is 4.79 Å². The first-order valence-electron chi connectivity index (χ1n) is 15.0. The van der Waals surface area contributed by atoms with E-state index in [1.165, 1.54) is 11.1 Å². The predicted molar refractivity (Wildman–Crippen MR) is 171 cm³/mol. The number of anilines is 1. The van der Waals surface area contributed by atoms with Gasteiger partial charge in [0.05, 0.1) is 26.8 Å². The maximum absolute atomic E-state index is 13.6. The number of hydrogen-bond donors (Lipinski definition) is 2. The maximum Gasteiger partial charge on any atom is 0.251 e. The minimum absolute atomic E-state index is 0.141. The number of aromatic nitrogens is 3. The maximum atomic E-state index is 13.6. The molecule has 4 aromatic carbocycles. The van der Waals surface area contributed by atoms with Gasteiger partial charge in [0.2, 0.25) is 0 Å². The van der Waals surface area contributed by atoms with E-state index in [2.05, 4.69) is 57.7 Å². The molecule has 1 amide bonds. The molecule has 8 heteroatoms. The second kappa shape index (κ2) is 13.5. The second-order valence-corrected chi connectivity index (χ2v) is 11.0. The molecule has 224 valence electrons. The first-order chi connectivity index (χ1) is 21.6. The molecule has 1 aromatic heterocycles. The van der Waals surface area contributed by atoms with E-state index in [4.69, 9.17) is 19.7 Å². The Morgan fingerprint density at radius 3 is 2.43 bits per heavy atom. The molecule has 1 unspecified atom stereocenters. The van der Waals surface area contributed by atoms with E-state index in [0.717, 1.165) is 47.4 Å². The lowest BCUT2D eigenvalue weighted by molar-refractivity contribution is 0.0930. The molecular weight excluding hydrogens is 550 g/mol. The molecule has 0 bridgehead atoms. The van der Waals surface area contributed by atoms with Crippen LogP contribution in [0.15, 0.2) is 103 Å². The Bertz CT molecular complexity index is 1700. The second-order valence-electron chi connectivity index (χ2n) is 11.0. The number of carbonyl (C=O) groups is 1. The van der Waals surface area contributed by atoms with Crippen LogP contribution in [0.5, 0.6) is 11.5 Å². The highest BCUT2D eigenvalue weighted by atomic mass is 16.5. The van der Waals surface area contributed by atoms with Crippen molar-refractivity contribution in [3.05, 3.63) is 137 Å². The monoisotopic (exact) mass is 587 g/mol. The van der Waals surface area contributed by atoms with Gasteiger partial charge < -0.3 is 24.7 Å². The van der Waals surface area contributed by atoms with E-state index in [0.29, 0.717) is 24.9 Å². The quantitative estimate of drug-likeness (QED) is 0.181. The largest absolute Gasteiger partial charge is 0.497 e. The Balaban J connectivity index is 1.39. The molecule has 2 heterocycles. The summed E-state index contributed by atoms with van der Waals surface area (Å²) in [5, 5.41) is 16.3. The number of aryl methyl sites for hydroxylation is 2. The van der Waals surface area contributed by atoms with Crippen molar-refractivity contribution < 1.29 is 14.3 Å². The van der Waals surface area contributed by atoms with E-state index in [1.807, 2.05) is 60.7 Å². The van der Waals surface area contributed by atoms with Crippen LogP contribution in [0.3, 0.4) is 0 Å². The zero-order valence-corrected chi connectivity index (χ0v) is 25.1. The molecule has 0 aliphatic carbocycles. The molecule has 0 radical (unpaired) electrons. The van der Waals surface area contributed by atoms with E-state index >= 15 is 0 Å². The van der Waals surface area contributed by atoms with Gasteiger partial charge in [-0.15, -0.1) is 10.2 Å². The van der Waals surface area contributed by atoms with Gasteiger partial charge in [0, 0.05) is 41.8 Å². The molecule has 1 aliphatic heterocycles. The van der Waals surface area contributed by atoms with Crippen LogP contribution in [-0.4, -0.2) is 41.4 Å². The number of ether oxygens (including phenoxy) is 2. The molecule has 2 N–H and O–H groups in total. The number of rotatable bonds is 12. The van der Waals surface area contributed by atoms with E-state index in [-0.39, 0.29) is 17.9 Å². The van der Waals surface area contributed by atoms with Crippen LogP contribution in [0.1, 0.15) is 57.1 Å². The van der Waals surface area contributed by atoms with Crippen LogP contribution in [0.2, 0.25) is 0 Å². The van der Waals surface area contributed by atoms with Gasteiger partial charge >= 0.3 is 0 Å². The van der Waals surface area contributed by atoms with E-state index in [1.54, 1.807) is 14.2 Å². The minimum atomic E-state index is -0.386. The summed E-state index contributed by atoms with van der Waals surface area (Å²) >= 11 is 0. The zero-order chi connectivity index (χ0) is 30.3. The van der Waals surface area contributed by atoms with Crippen molar-refractivity contribution in [2.75, 3.05) is 26.1 Å². The van der Waals surface area contributed by atoms with Crippen molar-refractivity contribution in [3.8, 4) is 11.5 Å². The highest BCUT2D eigenvalue weighted by Crippen LogP contribution is 2.37. The SMILES string of the molecule is COc1ccc(Cn2c(CCc3ccccc3)nnc2[C@@H](CC2CNc3ccccc32)NC(=O)c2ccccc2)c(OC)c1.